The van der Waals surface area contributed by atoms with Crippen molar-refractivity contribution in [3.63, 3.8) is 0 Å². The van der Waals surface area contributed by atoms with Gasteiger partial charge in [0, 0.05) is 9.50 Å². The van der Waals surface area contributed by atoms with E-state index in [0.29, 0.717) is 31.5 Å². The van der Waals surface area contributed by atoms with E-state index in [0.717, 1.165) is 0 Å². The van der Waals surface area contributed by atoms with Crippen LogP contribution in [0.1, 0.15) is 5.56 Å². The van der Waals surface area contributed by atoms with Gasteiger partial charge in [-0.3, -0.25) is 5.43 Å². The van der Waals surface area contributed by atoms with E-state index in [2.05, 4.69) is 26.5 Å². The van der Waals surface area contributed by atoms with Crippen molar-refractivity contribution in [1.29, 1.82) is 0 Å². The minimum atomic E-state index is -0.000344. The number of hydrogen-bond donors (Lipinski definition) is 2. The van der Waals surface area contributed by atoms with Gasteiger partial charge in [-0.25, -0.2) is 0 Å². The minimum Gasteiger partial charge on any atom is -0.504 e. The molecule has 2 aromatic carbocycles. The van der Waals surface area contributed by atoms with Crippen LogP contribution in [0.15, 0.2) is 39.9 Å². The molecule has 0 unspecified atom stereocenters. The summed E-state index contributed by atoms with van der Waals surface area (Å²) in [7, 11) is 1.48. The van der Waals surface area contributed by atoms with Gasteiger partial charge in [0.2, 0.25) is 0 Å². The van der Waals surface area contributed by atoms with Gasteiger partial charge in [0.25, 0.3) is 0 Å². The molecule has 110 valence electrons. The topological polar surface area (TPSA) is 53.8 Å². The number of nitrogens with one attached hydrogen (secondary N) is 1. The van der Waals surface area contributed by atoms with Crippen LogP contribution in [0.3, 0.4) is 0 Å². The first-order chi connectivity index (χ1) is 10.0. The summed E-state index contributed by atoms with van der Waals surface area (Å²) in [5, 5.41) is 15.1. The largest absolute Gasteiger partial charge is 0.504 e. The molecule has 4 nitrogen and oxygen atoms in total. The quantitative estimate of drug-likeness (QED) is 0.576. The number of aromatic hydroxyl groups is 1. The maximum absolute atomic E-state index is 10.0. The number of nitrogens with zero attached hydrogens (tertiary/aromatic N) is 1. The summed E-state index contributed by atoms with van der Waals surface area (Å²) in [6, 6.07) is 8.43. The van der Waals surface area contributed by atoms with Crippen molar-refractivity contribution in [3.05, 3.63) is 50.4 Å². The Morgan fingerprint density at radius 3 is 2.71 bits per heavy atom. The number of anilines is 1. The van der Waals surface area contributed by atoms with E-state index in [1.165, 1.54) is 13.3 Å². The molecule has 0 aliphatic rings. The van der Waals surface area contributed by atoms with Gasteiger partial charge in [0.05, 0.1) is 29.6 Å². The summed E-state index contributed by atoms with van der Waals surface area (Å²) in [5.74, 6) is 0.365. The zero-order valence-electron chi connectivity index (χ0n) is 10.9. The van der Waals surface area contributed by atoms with Gasteiger partial charge in [0.15, 0.2) is 11.5 Å². The van der Waals surface area contributed by atoms with Gasteiger partial charge >= 0.3 is 0 Å². The Bertz CT molecular complexity index is 693. The zero-order valence-corrected chi connectivity index (χ0v) is 14.0. The monoisotopic (exact) mass is 388 g/mol. The molecule has 2 N–H and O–H groups in total. The molecule has 2 aromatic rings. The highest BCUT2D eigenvalue weighted by Crippen LogP contribution is 2.33. The third-order valence-corrected chi connectivity index (χ3v) is 3.90. The highest BCUT2D eigenvalue weighted by molar-refractivity contribution is 9.10. The molecule has 0 spiro atoms. The second kappa shape index (κ2) is 7.02. The Morgan fingerprint density at radius 2 is 2.05 bits per heavy atom. The Labute approximate surface area is 140 Å². The Hall–Kier alpha value is -1.43. The van der Waals surface area contributed by atoms with Crippen molar-refractivity contribution in [1.82, 2.24) is 0 Å². The molecule has 0 aliphatic carbocycles. The number of rotatable bonds is 4. The summed E-state index contributed by atoms with van der Waals surface area (Å²) in [4.78, 5) is 0. The van der Waals surface area contributed by atoms with E-state index in [9.17, 15) is 5.11 Å². The maximum Gasteiger partial charge on any atom is 0.167 e. The van der Waals surface area contributed by atoms with Crippen molar-refractivity contribution in [3.8, 4) is 11.5 Å². The SMILES string of the molecule is COc1ccc(Br)c(/C=N/Nc2ccc(Cl)cc2Cl)c1O. The Morgan fingerprint density at radius 1 is 1.29 bits per heavy atom. The number of hydrogen-bond acceptors (Lipinski definition) is 4. The van der Waals surface area contributed by atoms with E-state index in [1.54, 1.807) is 30.3 Å². The number of phenolic OH excluding ortho intramolecular Hbond substituents is 1. The van der Waals surface area contributed by atoms with Gasteiger partial charge in [0.1, 0.15) is 0 Å². The van der Waals surface area contributed by atoms with E-state index in [4.69, 9.17) is 27.9 Å². The summed E-state index contributed by atoms with van der Waals surface area (Å²) in [5.41, 5.74) is 3.89. The number of benzene rings is 2. The highest BCUT2D eigenvalue weighted by Gasteiger charge is 2.10. The van der Waals surface area contributed by atoms with Crippen LogP contribution < -0.4 is 10.2 Å². The van der Waals surface area contributed by atoms with Crippen molar-refractivity contribution >= 4 is 51.0 Å². The molecule has 0 bridgehead atoms. The summed E-state index contributed by atoms with van der Waals surface area (Å²) in [6.45, 7) is 0. The lowest BCUT2D eigenvalue weighted by Crippen LogP contribution is -1.94. The van der Waals surface area contributed by atoms with E-state index in [1.807, 2.05) is 0 Å². The van der Waals surface area contributed by atoms with Gasteiger partial charge in [-0.1, -0.05) is 23.2 Å². The molecule has 0 saturated carbocycles. The normalized spacial score (nSPS) is 10.9. The van der Waals surface area contributed by atoms with Gasteiger partial charge < -0.3 is 9.84 Å². The van der Waals surface area contributed by atoms with Crippen molar-refractivity contribution in [2.45, 2.75) is 0 Å². The second-order valence-electron chi connectivity index (χ2n) is 4.01. The van der Waals surface area contributed by atoms with Gasteiger partial charge in [-0.15, -0.1) is 0 Å². The number of phenols is 1. The molecule has 0 atom stereocenters. The summed E-state index contributed by atoms with van der Waals surface area (Å²) >= 11 is 15.2. The lowest BCUT2D eigenvalue weighted by atomic mass is 10.2. The third-order valence-electron chi connectivity index (χ3n) is 2.66. The fourth-order valence-corrected chi connectivity index (χ4v) is 2.47. The zero-order chi connectivity index (χ0) is 15.4. The Kier molecular flexibility index (Phi) is 5.33. The molecule has 0 fully saturated rings. The van der Waals surface area contributed by atoms with Crippen molar-refractivity contribution in [2.24, 2.45) is 5.10 Å². The van der Waals surface area contributed by atoms with E-state index < -0.39 is 0 Å². The molecule has 0 heterocycles. The van der Waals surface area contributed by atoms with Crippen LogP contribution in [0.2, 0.25) is 10.0 Å². The van der Waals surface area contributed by atoms with E-state index in [-0.39, 0.29) is 5.75 Å². The number of hydrazone groups is 1. The van der Waals surface area contributed by atoms with Crippen LogP contribution in [-0.2, 0) is 0 Å². The fraction of sp³-hybridized carbons (Fsp3) is 0.0714. The molecular weight excluding hydrogens is 379 g/mol. The predicted molar refractivity (Wildman–Crippen MR) is 90.0 cm³/mol. The first-order valence-electron chi connectivity index (χ1n) is 5.82. The molecule has 7 heteroatoms. The van der Waals surface area contributed by atoms with Crippen LogP contribution >= 0.6 is 39.1 Å². The molecule has 2 rings (SSSR count). The van der Waals surface area contributed by atoms with Crippen LogP contribution in [-0.4, -0.2) is 18.4 Å². The average molecular weight is 390 g/mol. The van der Waals surface area contributed by atoms with Gasteiger partial charge in [-0.05, 0) is 46.3 Å². The lowest BCUT2D eigenvalue weighted by molar-refractivity contribution is 0.373. The standard InChI is InChI=1S/C14H11BrCl2N2O2/c1-21-13-5-3-10(15)9(14(13)20)7-18-19-12-4-2-8(16)6-11(12)17/h2-7,19-20H,1H3/b18-7+. The summed E-state index contributed by atoms with van der Waals surface area (Å²) in [6.07, 6.45) is 1.47. The molecule has 0 radical (unpaired) electrons. The number of ether oxygens (including phenoxy) is 1. The molecule has 21 heavy (non-hydrogen) atoms. The molecule has 0 amide bonds. The average Bonchev–Trinajstić information content (AvgIpc) is 2.44. The number of halogens is 3. The minimum absolute atomic E-state index is 0.000344. The molecular formula is C14H11BrCl2N2O2. The first kappa shape index (κ1) is 15.9. The maximum atomic E-state index is 10.0. The van der Waals surface area contributed by atoms with Crippen molar-refractivity contribution < 1.29 is 9.84 Å². The highest BCUT2D eigenvalue weighted by atomic mass is 79.9. The predicted octanol–water partition coefficient (Wildman–Crippen LogP) is 4.92. The number of methoxy groups -OCH3 is 1. The van der Waals surface area contributed by atoms with Crippen LogP contribution in [0.5, 0.6) is 11.5 Å². The fourth-order valence-electron chi connectivity index (χ4n) is 1.60. The van der Waals surface area contributed by atoms with Crippen molar-refractivity contribution in [2.75, 3.05) is 12.5 Å². The lowest BCUT2D eigenvalue weighted by Gasteiger charge is -2.08. The third kappa shape index (κ3) is 3.81. The summed E-state index contributed by atoms with van der Waals surface area (Å²) < 4.78 is 5.74. The van der Waals surface area contributed by atoms with Crippen LogP contribution in [0.25, 0.3) is 0 Å². The Balaban J connectivity index is 2.22. The molecule has 0 saturated heterocycles. The smallest absolute Gasteiger partial charge is 0.167 e. The second-order valence-corrected chi connectivity index (χ2v) is 5.70. The van der Waals surface area contributed by atoms with Crippen LogP contribution in [0, 0.1) is 0 Å². The van der Waals surface area contributed by atoms with Crippen LogP contribution in [0.4, 0.5) is 5.69 Å². The molecule has 0 aromatic heterocycles. The first-order valence-corrected chi connectivity index (χ1v) is 7.37. The van der Waals surface area contributed by atoms with E-state index >= 15 is 0 Å². The van der Waals surface area contributed by atoms with Gasteiger partial charge in [-0.2, -0.15) is 5.10 Å². The molecule has 0 aliphatic heterocycles.